The van der Waals surface area contributed by atoms with E-state index >= 15 is 0 Å². The SMILES string of the molecule is CCCc1[nH]nc2c1C(c1ccccc1OC(C)C)C(C#N)=C(N)O2. The standard InChI is InChI=1S/C19H22N4O2/c1-4-7-14-17-16(12-8-5-6-9-15(12)24-11(2)3)13(10-20)18(21)25-19(17)23-22-14/h5-6,8-9,11,16H,4,7,21H2,1-3H3,(H,22,23). The van der Waals surface area contributed by atoms with Crippen LogP contribution in [0.5, 0.6) is 11.6 Å². The summed E-state index contributed by atoms with van der Waals surface area (Å²) in [7, 11) is 0. The maximum absolute atomic E-state index is 9.71. The summed E-state index contributed by atoms with van der Waals surface area (Å²) in [6, 6.07) is 9.94. The number of aryl methyl sites for hydroxylation is 1. The number of aromatic amines is 1. The van der Waals surface area contributed by atoms with Gasteiger partial charge >= 0.3 is 0 Å². The van der Waals surface area contributed by atoms with E-state index in [1.165, 1.54) is 0 Å². The Bertz CT molecular complexity index is 845. The van der Waals surface area contributed by atoms with Crippen molar-refractivity contribution in [2.75, 3.05) is 0 Å². The van der Waals surface area contributed by atoms with Gasteiger partial charge < -0.3 is 15.2 Å². The number of ether oxygens (including phenoxy) is 2. The number of fused-ring (bicyclic) bond motifs is 1. The molecular weight excluding hydrogens is 316 g/mol. The molecule has 0 radical (unpaired) electrons. The van der Waals surface area contributed by atoms with Crippen LogP contribution >= 0.6 is 0 Å². The fraction of sp³-hybridized carbons (Fsp3) is 0.368. The summed E-state index contributed by atoms with van der Waals surface area (Å²) in [4.78, 5) is 0. The molecule has 0 saturated heterocycles. The van der Waals surface area contributed by atoms with Gasteiger partial charge in [-0.2, -0.15) is 5.26 Å². The van der Waals surface area contributed by atoms with Crippen LogP contribution in [0.2, 0.25) is 0 Å². The van der Waals surface area contributed by atoms with E-state index in [0.29, 0.717) is 11.5 Å². The van der Waals surface area contributed by atoms with E-state index in [1.807, 2.05) is 38.1 Å². The number of benzene rings is 1. The zero-order valence-corrected chi connectivity index (χ0v) is 14.7. The molecule has 1 aliphatic rings. The van der Waals surface area contributed by atoms with Gasteiger partial charge in [0.1, 0.15) is 17.4 Å². The first-order chi connectivity index (χ1) is 12.1. The molecule has 1 unspecified atom stereocenters. The highest BCUT2D eigenvalue weighted by molar-refractivity contribution is 5.58. The number of hydrogen-bond donors (Lipinski definition) is 2. The summed E-state index contributed by atoms with van der Waals surface area (Å²) in [6.07, 6.45) is 1.78. The molecule has 2 heterocycles. The van der Waals surface area contributed by atoms with Gasteiger partial charge in [0.2, 0.25) is 11.8 Å². The smallest absolute Gasteiger partial charge is 0.244 e. The van der Waals surface area contributed by atoms with E-state index in [9.17, 15) is 5.26 Å². The molecule has 1 atom stereocenters. The zero-order chi connectivity index (χ0) is 18.0. The number of nitrogens with two attached hydrogens (primary N) is 1. The minimum Gasteiger partial charge on any atom is -0.491 e. The highest BCUT2D eigenvalue weighted by Crippen LogP contribution is 2.45. The highest BCUT2D eigenvalue weighted by Gasteiger charge is 2.36. The summed E-state index contributed by atoms with van der Waals surface area (Å²) >= 11 is 0. The Morgan fingerprint density at radius 3 is 2.84 bits per heavy atom. The monoisotopic (exact) mass is 338 g/mol. The Kier molecular flexibility index (Phi) is 4.66. The summed E-state index contributed by atoms with van der Waals surface area (Å²) in [5.41, 5.74) is 9.10. The van der Waals surface area contributed by atoms with Gasteiger partial charge in [-0.3, -0.25) is 5.10 Å². The third-order valence-electron chi connectivity index (χ3n) is 4.11. The molecule has 0 fully saturated rings. The van der Waals surface area contributed by atoms with Crippen molar-refractivity contribution in [2.24, 2.45) is 5.73 Å². The fourth-order valence-electron chi connectivity index (χ4n) is 3.14. The molecule has 1 aromatic carbocycles. The lowest BCUT2D eigenvalue weighted by molar-refractivity contribution is 0.239. The van der Waals surface area contributed by atoms with Crippen molar-refractivity contribution in [3.8, 4) is 17.7 Å². The van der Waals surface area contributed by atoms with Crippen molar-refractivity contribution in [3.05, 3.63) is 52.5 Å². The first kappa shape index (κ1) is 16.9. The van der Waals surface area contributed by atoms with Crippen LogP contribution in [0, 0.1) is 11.3 Å². The van der Waals surface area contributed by atoms with Gasteiger partial charge in [0.05, 0.1) is 17.6 Å². The van der Waals surface area contributed by atoms with Crippen LogP contribution in [0.25, 0.3) is 0 Å². The van der Waals surface area contributed by atoms with E-state index < -0.39 is 0 Å². The van der Waals surface area contributed by atoms with Gasteiger partial charge in [0.15, 0.2) is 0 Å². The molecule has 1 aliphatic heterocycles. The molecule has 6 heteroatoms. The molecule has 25 heavy (non-hydrogen) atoms. The Labute approximate surface area is 147 Å². The Morgan fingerprint density at radius 1 is 1.40 bits per heavy atom. The molecular formula is C19H22N4O2. The number of H-pyrrole nitrogens is 1. The van der Waals surface area contributed by atoms with E-state index in [2.05, 4.69) is 23.2 Å². The van der Waals surface area contributed by atoms with Crippen LogP contribution in [-0.2, 0) is 6.42 Å². The largest absolute Gasteiger partial charge is 0.491 e. The molecule has 0 saturated carbocycles. The maximum Gasteiger partial charge on any atom is 0.244 e. The van der Waals surface area contributed by atoms with Gasteiger partial charge in [-0.1, -0.05) is 31.5 Å². The third-order valence-corrected chi connectivity index (χ3v) is 4.11. The van der Waals surface area contributed by atoms with Gasteiger partial charge in [-0.25, -0.2) is 0 Å². The van der Waals surface area contributed by atoms with Gasteiger partial charge in [0.25, 0.3) is 0 Å². The molecule has 130 valence electrons. The fourth-order valence-corrected chi connectivity index (χ4v) is 3.14. The number of nitriles is 1. The van der Waals surface area contributed by atoms with Crippen molar-refractivity contribution < 1.29 is 9.47 Å². The van der Waals surface area contributed by atoms with Crippen LogP contribution in [0.3, 0.4) is 0 Å². The lowest BCUT2D eigenvalue weighted by atomic mass is 9.83. The minimum atomic E-state index is -0.357. The number of para-hydroxylation sites is 1. The maximum atomic E-state index is 9.71. The topological polar surface area (TPSA) is 97.0 Å². The average molecular weight is 338 g/mol. The van der Waals surface area contributed by atoms with Crippen LogP contribution in [-0.4, -0.2) is 16.3 Å². The normalized spacial score (nSPS) is 16.4. The predicted molar refractivity (Wildman–Crippen MR) is 94.1 cm³/mol. The number of hydrogen-bond acceptors (Lipinski definition) is 5. The first-order valence-electron chi connectivity index (χ1n) is 8.47. The number of allylic oxidation sites excluding steroid dienone is 1. The zero-order valence-electron chi connectivity index (χ0n) is 14.7. The number of aromatic nitrogens is 2. The number of nitrogens with one attached hydrogen (secondary N) is 1. The predicted octanol–water partition coefficient (Wildman–Crippen LogP) is 3.37. The molecule has 0 spiro atoms. The lowest BCUT2D eigenvalue weighted by Crippen LogP contribution is -2.22. The van der Waals surface area contributed by atoms with Crippen molar-refractivity contribution in [1.29, 1.82) is 5.26 Å². The van der Waals surface area contributed by atoms with E-state index in [1.54, 1.807) is 0 Å². The second-order valence-electron chi connectivity index (χ2n) is 6.30. The van der Waals surface area contributed by atoms with E-state index in [4.69, 9.17) is 15.2 Å². The van der Waals surface area contributed by atoms with Gasteiger partial charge in [-0.15, -0.1) is 5.10 Å². The lowest BCUT2D eigenvalue weighted by Gasteiger charge is -2.26. The van der Waals surface area contributed by atoms with Crippen molar-refractivity contribution >= 4 is 0 Å². The van der Waals surface area contributed by atoms with Crippen molar-refractivity contribution in [3.63, 3.8) is 0 Å². The summed E-state index contributed by atoms with van der Waals surface area (Å²) in [5.74, 6) is 0.904. The molecule has 0 aliphatic carbocycles. The Balaban J connectivity index is 2.21. The second kappa shape index (κ2) is 6.89. The second-order valence-corrected chi connectivity index (χ2v) is 6.30. The quantitative estimate of drug-likeness (QED) is 0.871. The van der Waals surface area contributed by atoms with Crippen LogP contribution in [0.15, 0.2) is 35.7 Å². The molecule has 0 amide bonds. The third kappa shape index (κ3) is 3.05. The molecule has 3 rings (SSSR count). The highest BCUT2D eigenvalue weighted by atomic mass is 16.5. The van der Waals surface area contributed by atoms with Crippen LogP contribution < -0.4 is 15.2 Å². The first-order valence-corrected chi connectivity index (χ1v) is 8.47. The summed E-state index contributed by atoms with van der Waals surface area (Å²) in [5, 5.41) is 17.0. The molecule has 1 aromatic heterocycles. The Hall–Kier alpha value is -2.94. The molecule has 6 nitrogen and oxygen atoms in total. The van der Waals surface area contributed by atoms with Crippen molar-refractivity contribution in [1.82, 2.24) is 10.2 Å². The minimum absolute atomic E-state index is 0.0202. The molecule has 0 bridgehead atoms. The summed E-state index contributed by atoms with van der Waals surface area (Å²) < 4.78 is 11.6. The van der Waals surface area contributed by atoms with Crippen molar-refractivity contribution in [2.45, 2.75) is 45.6 Å². The van der Waals surface area contributed by atoms with Crippen LogP contribution in [0.4, 0.5) is 0 Å². The summed E-state index contributed by atoms with van der Waals surface area (Å²) in [6.45, 7) is 6.04. The number of rotatable bonds is 5. The number of nitrogens with zero attached hydrogens (tertiary/aromatic N) is 2. The van der Waals surface area contributed by atoms with E-state index in [0.717, 1.165) is 35.4 Å². The van der Waals surface area contributed by atoms with E-state index in [-0.39, 0.29) is 17.9 Å². The molecule has 3 N–H and O–H groups in total. The average Bonchev–Trinajstić information content (AvgIpc) is 2.96. The van der Waals surface area contributed by atoms with Crippen LogP contribution in [0.1, 0.15) is 49.9 Å². The Morgan fingerprint density at radius 2 is 2.16 bits per heavy atom. The van der Waals surface area contributed by atoms with Gasteiger partial charge in [-0.05, 0) is 26.3 Å². The van der Waals surface area contributed by atoms with Gasteiger partial charge in [0, 0.05) is 11.3 Å². The molecule has 2 aromatic rings.